The number of benzene rings is 2. The van der Waals surface area contributed by atoms with Crippen molar-refractivity contribution < 1.29 is 14.0 Å². The number of thiophene rings is 1. The molecule has 1 N–H and O–H groups in total. The summed E-state index contributed by atoms with van der Waals surface area (Å²) in [5, 5.41) is 8.48. The van der Waals surface area contributed by atoms with E-state index in [1.54, 1.807) is 24.1 Å². The Balaban J connectivity index is 1.58. The molecule has 0 aliphatic rings. The van der Waals surface area contributed by atoms with Gasteiger partial charge in [-0.05, 0) is 42.3 Å². The highest BCUT2D eigenvalue weighted by Crippen LogP contribution is 2.30. The van der Waals surface area contributed by atoms with Crippen LogP contribution in [0.4, 0.5) is 10.1 Å². The molecule has 0 spiro atoms. The standard InChI is InChI=1S/C24H23FN4O2S/c1-15-20-12-22(32-24(20)29(27-15)13-17-8-10-19(25)11-9-17)23(31)26-21-7-5-4-6-18(21)14-28(3)16(2)30/h4-12H,13-14H2,1-3H3,(H,26,31). The molecule has 0 unspecified atom stereocenters. The van der Waals surface area contributed by atoms with E-state index >= 15 is 0 Å². The molecule has 6 nitrogen and oxygen atoms in total. The van der Waals surface area contributed by atoms with E-state index in [1.165, 1.54) is 30.4 Å². The van der Waals surface area contributed by atoms with Gasteiger partial charge in [-0.2, -0.15) is 5.10 Å². The number of fused-ring (bicyclic) bond motifs is 1. The van der Waals surface area contributed by atoms with Gasteiger partial charge < -0.3 is 10.2 Å². The largest absolute Gasteiger partial charge is 0.342 e. The number of rotatable bonds is 6. The molecule has 0 aliphatic heterocycles. The average Bonchev–Trinajstić information content (AvgIpc) is 3.32. The first-order valence-electron chi connectivity index (χ1n) is 10.1. The Morgan fingerprint density at radius 3 is 2.59 bits per heavy atom. The Morgan fingerprint density at radius 1 is 1.16 bits per heavy atom. The first-order valence-corrected chi connectivity index (χ1v) is 11.0. The molecule has 2 aromatic carbocycles. The molecule has 164 valence electrons. The van der Waals surface area contributed by atoms with Crippen molar-refractivity contribution in [3.8, 4) is 0 Å². The van der Waals surface area contributed by atoms with Crippen LogP contribution in [0.15, 0.2) is 54.6 Å². The lowest BCUT2D eigenvalue weighted by Crippen LogP contribution is -2.24. The summed E-state index contributed by atoms with van der Waals surface area (Å²) in [6.07, 6.45) is 0. The molecule has 0 bridgehead atoms. The SMILES string of the molecule is CC(=O)N(C)Cc1ccccc1NC(=O)c1cc2c(C)nn(Cc3ccc(F)cc3)c2s1. The fourth-order valence-electron chi connectivity index (χ4n) is 3.43. The van der Waals surface area contributed by atoms with Crippen molar-refractivity contribution in [1.29, 1.82) is 0 Å². The lowest BCUT2D eigenvalue weighted by molar-refractivity contribution is -0.128. The summed E-state index contributed by atoms with van der Waals surface area (Å²) in [6.45, 7) is 4.32. The molecule has 2 amide bonds. The van der Waals surface area contributed by atoms with Gasteiger partial charge in [0.2, 0.25) is 5.91 Å². The predicted molar refractivity (Wildman–Crippen MR) is 124 cm³/mol. The van der Waals surface area contributed by atoms with E-state index in [0.29, 0.717) is 23.7 Å². The Labute approximate surface area is 189 Å². The molecule has 4 rings (SSSR count). The second-order valence-corrected chi connectivity index (χ2v) is 8.72. The van der Waals surface area contributed by atoms with E-state index in [2.05, 4.69) is 10.4 Å². The summed E-state index contributed by atoms with van der Waals surface area (Å²) in [5.74, 6) is -0.533. The maximum Gasteiger partial charge on any atom is 0.265 e. The number of hydrogen-bond acceptors (Lipinski definition) is 4. The second-order valence-electron chi connectivity index (χ2n) is 7.69. The van der Waals surface area contributed by atoms with E-state index in [0.717, 1.165) is 27.0 Å². The van der Waals surface area contributed by atoms with Crippen LogP contribution in [0.5, 0.6) is 0 Å². The van der Waals surface area contributed by atoms with E-state index < -0.39 is 0 Å². The molecule has 0 saturated heterocycles. The van der Waals surface area contributed by atoms with Crippen LogP contribution in [0.2, 0.25) is 0 Å². The number of halogens is 1. The quantitative estimate of drug-likeness (QED) is 0.458. The van der Waals surface area contributed by atoms with Crippen LogP contribution in [0.3, 0.4) is 0 Å². The van der Waals surface area contributed by atoms with Crippen molar-refractivity contribution in [2.75, 3.05) is 12.4 Å². The van der Waals surface area contributed by atoms with Gasteiger partial charge in [0.15, 0.2) is 0 Å². The number of amides is 2. The molecule has 0 radical (unpaired) electrons. The van der Waals surface area contributed by atoms with Gasteiger partial charge >= 0.3 is 0 Å². The fourth-order valence-corrected chi connectivity index (χ4v) is 4.48. The zero-order chi connectivity index (χ0) is 22.8. The highest BCUT2D eigenvalue weighted by molar-refractivity contribution is 7.20. The Kier molecular flexibility index (Phi) is 6.05. The van der Waals surface area contributed by atoms with Crippen LogP contribution in [0.1, 0.15) is 33.4 Å². The average molecular weight is 451 g/mol. The third-order valence-corrected chi connectivity index (χ3v) is 6.43. The smallest absolute Gasteiger partial charge is 0.265 e. The number of hydrogen-bond donors (Lipinski definition) is 1. The third-order valence-electron chi connectivity index (χ3n) is 5.29. The van der Waals surface area contributed by atoms with Gasteiger partial charge in [-0.1, -0.05) is 30.3 Å². The minimum absolute atomic E-state index is 0.0446. The van der Waals surface area contributed by atoms with Crippen LogP contribution in [-0.4, -0.2) is 33.5 Å². The predicted octanol–water partition coefficient (Wildman–Crippen LogP) is 4.82. The van der Waals surface area contributed by atoms with Gasteiger partial charge in [0.05, 0.1) is 17.1 Å². The number of nitrogens with zero attached hydrogens (tertiary/aromatic N) is 3. The number of para-hydroxylation sites is 1. The summed E-state index contributed by atoms with van der Waals surface area (Å²) in [5.41, 5.74) is 3.30. The van der Waals surface area contributed by atoms with E-state index in [-0.39, 0.29) is 17.6 Å². The van der Waals surface area contributed by atoms with Crippen molar-refractivity contribution in [2.24, 2.45) is 0 Å². The van der Waals surface area contributed by atoms with Gasteiger partial charge in [-0.15, -0.1) is 11.3 Å². The monoisotopic (exact) mass is 450 g/mol. The number of anilines is 1. The number of aromatic nitrogens is 2. The molecular weight excluding hydrogens is 427 g/mol. The van der Waals surface area contributed by atoms with E-state index in [1.807, 2.05) is 41.9 Å². The molecule has 2 aromatic heterocycles. The Hall–Kier alpha value is -3.52. The molecular formula is C24H23FN4O2S. The molecule has 0 aliphatic carbocycles. The van der Waals surface area contributed by atoms with E-state index in [4.69, 9.17) is 0 Å². The molecule has 32 heavy (non-hydrogen) atoms. The van der Waals surface area contributed by atoms with Crippen molar-refractivity contribution in [1.82, 2.24) is 14.7 Å². The number of carbonyl (C=O) groups excluding carboxylic acids is 2. The lowest BCUT2D eigenvalue weighted by atomic mass is 10.1. The number of nitrogens with one attached hydrogen (secondary N) is 1. The van der Waals surface area contributed by atoms with Gasteiger partial charge in [0.25, 0.3) is 5.91 Å². The molecule has 2 heterocycles. The van der Waals surface area contributed by atoms with Crippen molar-refractivity contribution >= 4 is 39.1 Å². The van der Waals surface area contributed by atoms with Crippen LogP contribution >= 0.6 is 11.3 Å². The van der Waals surface area contributed by atoms with Gasteiger partial charge in [-0.25, -0.2) is 4.39 Å². The van der Waals surface area contributed by atoms with Crippen LogP contribution < -0.4 is 5.32 Å². The summed E-state index contributed by atoms with van der Waals surface area (Å²) in [4.78, 5) is 27.7. The third kappa shape index (κ3) is 4.55. The van der Waals surface area contributed by atoms with E-state index in [9.17, 15) is 14.0 Å². The molecule has 0 atom stereocenters. The summed E-state index contributed by atoms with van der Waals surface area (Å²) >= 11 is 1.37. The first kappa shape index (κ1) is 21.7. The molecule has 4 aromatic rings. The summed E-state index contributed by atoms with van der Waals surface area (Å²) < 4.78 is 15.0. The van der Waals surface area contributed by atoms with Crippen LogP contribution in [0.25, 0.3) is 10.2 Å². The highest BCUT2D eigenvalue weighted by Gasteiger charge is 2.18. The topological polar surface area (TPSA) is 67.2 Å². The van der Waals surface area contributed by atoms with Crippen molar-refractivity contribution in [2.45, 2.75) is 26.9 Å². The molecule has 8 heteroatoms. The molecule has 0 fully saturated rings. The normalized spacial score (nSPS) is 11.0. The van der Waals surface area contributed by atoms with Crippen LogP contribution in [-0.2, 0) is 17.9 Å². The first-order chi connectivity index (χ1) is 15.3. The summed E-state index contributed by atoms with van der Waals surface area (Å²) in [6, 6.07) is 15.6. The maximum atomic E-state index is 13.2. The fraction of sp³-hybridized carbons (Fsp3) is 0.208. The van der Waals surface area contributed by atoms with Crippen molar-refractivity contribution in [3.05, 3.63) is 82.1 Å². The minimum atomic E-state index is -0.277. The van der Waals surface area contributed by atoms with Gasteiger partial charge in [0.1, 0.15) is 10.6 Å². The lowest BCUT2D eigenvalue weighted by Gasteiger charge is -2.17. The number of aryl methyl sites for hydroxylation is 1. The van der Waals surface area contributed by atoms with Gasteiger partial charge in [-0.3, -0.25) is 14.3 Å². The van der Waals surface area contributed by atoms with Crippen LogP contribution in [0, 0.1) is 12.7 Å². The minimum Gasteiger partial charge on any atom is -0.342 e. The molecule has 0 saturated carbocycles. The summed E-state index contributed by atoms with van der Waals surface area (Å²) in [7, 11) is 1.72. The maximum absolute atomic E-state index is 13.2. The van der Waals surface area contributed by atoms with Crippen molar-refractivity contribution in [3.63, 3.8) is 0 Å². The zero-order valence-electron chi connectivity index (χ0n) is 18.1. The number of carbonyl (C=O) groups is 2. The van der Waals surface area contributed by atoms with Gasteiger partial charge in [0, 0.05) is 31.6 Å². The second kappa shape index (κ2) is 8.92. The Bertz CT molecular complexity index is 1290. The highest BCUT2D eigenvalue weighted by atomic mass is 32.1. The zero-order valence-corrected chi connectivity index (χ0v) is 18.9. The Morgan fingerprint density at radius 2 is 1.88 bits per heavy atom.